The van der Waals surface area contributed by atoms with Gasteiger partial charge in [-0.3, -0.25) is 0 Å². The van der Waals surface area contributed by atoms with E-state index in [0.717, 1.165) is 15.9 Å². The van der Waals surface area contributed by atoms with Crippen molar-refractivity contribution < 1.29 is 13.2 Å². The molecule has 2 rings (SSSR count). The lowest BCUT2D eigenvalue weighted by molar-refractivity contribution is -0.146. The van der Waals surface area contributed by atoms with E-state index in [1.165, 1.54) is 0 Å². The molecule has 0 bridgehead atoms. The van der Waals surface area contributed by atoms with Gasteiger partial charge in [-0.2, -0.15) is 22.8 Å². The molecule has 0 unspecified atom stereocenters. The second-order valence-corrected chi connectivity index (χ2v) is 6.18. The molecule has 0 radical (unpaired) electrons. The lowest BCUT2D eigenvalue weighted by Crippen LogP contribution is -2.37. The first-order valence-corrected chi connectivity index (χ1v) is 6.52. The van der Waals surface area contributed by atoms with Crippen LogP contribution >= 0.6 is 11.3 Å². The van der Waals surface area contributed by atoms with E-state index >= 15 is 0 Å². The summed E-state index contributed by atoms with van der Waals surface area (Å²) in [6, 6.07) is 0. The first kappa shape index (κ1) is 14.2. The molecule has 0 atom stereocenters. The standard InChI is InChI=1S/C10H14F3N5S/c1-9(2,3)14-5-4-6-17-18-7(10(11,12)13)15-16-8(18)19-6/h14H,4-5H2,1-3H3. The second-order valence-electron chi connectivity index (χ2n) is 5.14. The normalized spacial score (nSPS) is 13.4. The van der Waals surface area contributed by atoms with Crippen molar-refractivity contribution in [3.05, 3.63) is 10.8 Å². The summed E-state index contributed by atoms with van der Waals surface area (Å²) in [5.74, 6) is -1.08. The van der Waals surface area contributed by atoms with Crippen LogP contribution < -0.4 is 5.32 Å². The van der Waals surface area contributed by atoms with Crippen molar-refractivity contribution in [3.8, 4) is 0 Å². The van der Waals surface area contributed by atoms with Crippen LogP contribution in [0.1, 0.15) is 31.6 Å². The van der Waals surface area contributed by atoms with Crippen LogP contribution in [-0.4, -0.2) is 31.9 Å². The fourth-order valence-electron chi connectivity index (χ4n) is 1.48. The number of hydrogen-bond acceptors (Lipinski definition) is 5. The monoisotopic (exact) mass is 293 g/mol. The van der Waals surface area contributed by atoms with E-state index < -0.39 is 12.0 Å². The lowest BCUT2D eigenvalue weighted by Gasteiger charge is -2.19. The van der Waals surface area contributed by atoms with Crippen molar-refractivity contribution in [3.63, 3.8) is 0 Å². The van der Waals surface area contributed by atoms with Gasteiger partial charge >= 0.3 is 6.18 Å². The Balaban J connectivity index is 2.12. The summed E-state index contributed by atoms with van der Waals surface area (Å²) in [6.07, 6.45) is -3.98. The van der Waals surface area contributed by atoms with Crippen molar-refractivity contribution in [2.75, 3.05) is 6.54 Å². The third-order valence-corrected chi connectivity index (χ3v) is 3.24. The van der Waals surface area contributed by atoms with E-state index in [9.17, 15) is 13.2 Å². The van der Waals surface area contributed by atoms with E-state index in [-0.39, 0.29) is 10.5 Å². The molecule has 9 heteroatoms. The van der Waals surface area contributed by atoms with Crippen LogP contribution in [-0.2, 0) is 12.6 Å². The van der Waals surface area contributed by atoms with Crippen molar-refractivity contribution in [2.24, 2.45) is 0 Å². The van der Waals surface area contributed by atoms with Gasteiger partial charge in [0.2, 0.25) is 4.96 Å². The Morgan fingerprint density at radius 3 is 2.47 bits per heavy atom. The molecule has 0 aliphatic heterocycles. The van der Waals surface area contributed by atoms with Crippen LogP contribution in [0.3, 0.4) is 0 Å². The Morgan fingerprint density at radius 1 is 1.21 bits per heavy atom. The summed E-state index contributed by atoms with van der Waals surface area (Å²) < 4.78 is 38.6. The number of alkyl halides is 3. The van der Waals surface area contributed by atoms with E-state index in [4.69, 9.17) is 0 Å². The first-order valence-electron chi connectivity index (χ1n) is 5.70. The molecule has 0 aliphatic rings. The summed E-state index contributed by atoms with van der Waals surface area (Å²) in [7, 11) is 0. The smallest absolute Gasteiger partial charge is 0.312 e. The zero-order chi connectivity index (χ0) is 14.3. The van der Waals surface area contributed by atoms with Crippen LogP contribution in [0.15, 0.2) is 0 Å². The average molecular weight is 293 g/mol. The number of nitrogens with one attached hydrogen (secondary N) is 1. The molecule has 2 aromatic heterocycles. The Labute approximate surface area is 111 Å². The highest BCUT2D eigenvalue weighted by atomic mass is 32.1. The highest BCUT2D eigenvalue weighted by Crippen LogP contribution is 2.28. The highest BCUT2D eigenvalue weighted by Gasteiger charge is 2.38. The number of aromatic nitrogens is 4. The molecule has 19 heavy (non-hydrogen) atoms. The van der Waals surface area contributed by atoms with Gasteiger partial charge in [0, 0.05) is 18.5 Å². The Bertz CT molecular complexity index is 566. The quantitative estimate of drug-likeness (QED) is 0.942. The topological polar surface area (TPSA) is 55.1 Å². The SMILES string of the molecule is CC(C)(C)NCCc1nn2c(C(F)(F)F)nnc2s1. The molecule has 0 spiro atoms. The Hall–Kier alpha value is -1.22. The molecule has 0 aromatic carbocycles. The molecular weight excluding hydrogens is 279 g/mol. The molecule has 0 aliphatic carbocycles. The minimum atomic E-state index is -4.53. The molecule has 0 amide bonds. The van der Waals surface area contributed by atoms with E-state index in [2.05, 4.69) is 20.6 Å². The number of nitrogens with zero attached hydrogens (tertiary/aromatic N) is 4. The van der Waals surface area contributed by atoms with Crippen LogP contribution in [0.2, 0.25) is 0 Å². The van der Waals surface area contributed by atoms with Crippen LogP contribution in [0.5, 0.6) is 0 Å². The summed E-state index contributed by atoms with van der Waals surface area (Å²) >= 11 is 1.12. The summed E-state index contributed by atoms with van der Waals surface area (Å²) in [5, 5.41) is 14.4. The number of rotatable bonds is 3. The minimum Gasteiger partial charge on any atom is -0.312 e. The van der Waals surface area contributed by atoms with E-state index in [1.807, 2.05) is 20.8 Å². The maximum atomic E-state index is 12.6. The third kappa shape index (κ3) is 3.41. The van der Waals surface area contributed by atoms with Crippen LogP contribution in [0.25, 0.3) is 4.96 Å². The minimum absolute atomic E-state index is 0.0317. The number of hydrogen-bond donors (Lipinski definition) is 1. The van der Waals surface area contributed by atoms with Gasteiger partial charge in [-0.15, -0.1) is 10.2 Å². The van der Waals surface area contributed by atoms with Gasteiger partial charge in [-0.25, -0.2) is 0 Å². The largest absolute Gasteiger partial charge is 0.453 e. The molecule has 0 saturated heterocycles. The van der Waals surface area contributed by atoms with Crippen molar-refractivity contribution in [1.82, 2.24) is 25.1 Å². The lowest BCUT2D eigenvalue weighted by atomic mass is 10.1. The van der Waals surface area contributed by atoms with Crippen molar-refractivity contribution >= 4 is 16.3 Å². The van der Waals surface area contributed by atoms with Crippen molar-refractivity contribution in [2.45, 2.75) is 38.9 Å². The maximum absolute atomic E-state index is 12.6. The molecule has 2 aromatic rings. The van der Waals surface area contributed by atoms with Crippen LogP contribution in [0, 0.1) is 0 Å². The molecule has 1 N–H and O–H groups in total. The fraction of sp³-hybridized carbons (Fsp3) is 0.700. The average Bonchev–Trinajstić information content (AvgIpc) is 2.71. The summed E-state index contributed by atoms with van der Waals surface area (Å²) in [4.78, 5) is 0.165. The first-order chi connectivity index (χ1) is 8.67. The molecule has 106 valence electrons. The molecular formula is C10H14F3N5S. The van der Waals surface area contributed by atoms with E-state index in [0.29, 0.717) is 18.0 Å². The predicted molar refractivity (Wildman–Crippen MR) is 65.1 cm³/mol. The maximum Gasteiger partial charge on any atom is 0.453 e. The number of halogens is 3. The van der Waals surface area contributed by atoms with E-state index in [1.54, 1.807) is 0 Å². The third-order valence-electron chi connectivity index (χ3n) is 2.28. The van der Waals surface area contributed by atoms with Gasteiger partial charge in [-0.1, -0.05) is 11.3 Å². The number of fused-ring (bicyclic) bond motifs is 1. The van der Waals surface area contributed by atoms with Gasteiger partial charge in [-0.05, 0) is 20.8 Å². The molecule has 0 saturated carbocycles. The van der Waals surface area contributed by atoms with Gasteiger partial charge in [0.25, 0.3) is 5.82 Å². The van der Waals surface area contributed by atoms with Gasteiger partial charge in [0.1, 0.15) is 5.01 Å². The zero-order valence-electron chi connectivity index (χ0n) is 10.7. The zero-order valence-corrected chi connectivity index (χ0v) is 11.6. The molecule has 5 nitrogen and oxygen atoms in total. The summed E-state index contributed by atoms with van der Waals surface area (Å²) in [5.41, 5.74) is -0.0317. The highest BCUT2D eigenvalue weighted by molar-refractivity contribution is 7.16. The van der Waals surface area contributed by atoms with Crippen molar-refractivity contribution in [1.29, 1.82) is 0 Å². The summed E-state index contributed by atoms with van der Waals surface area (Å²) in [6.45, 7) is 6.71. The molecule has 0 fully saturated rings. The Kier molecular flexibility index (Phi) is 3.52. The van der Waals surface area contributed by atoms with Crippen LogP contribution in [0.4, 0.5) is 13.2 Å². The van der Waals surface area contributed by atoms with Gasteiger partial charge in [0.15, 0.2) is 0 Å². The van der Waals surface area contributed by atoms with Gasteiger partial charge in [0.05, 0.1) is 0 Å². The van der Waals surface area contributed by atoms with Gasteiger partial charge < -0.3 is 5.32 Å². The molecule has 2 heterocycles. The Morgan fingerprint density at radius 2 is 1.89 bits per heavy atom. The predicted octanol–water partition coefficient (Wildman–Crippen LogP) is 2.14. The fourth-order valence-corrected chi connectivity index (χ4v) is 2.31. The second kappa shape index (κ2) is 4.71.